The van der Waals surface area contributed by atoms with E-state index in [9.17, 15) is 53.9 Å². The van der Waals surface area contributed by atoms with E-state index in [0.717, 1.165) is 49.4 Å². The van der Waals surface area contributed by atoms with Gasteiger partial charge in [0.2, 0.25) is 0 Å². The van der Waals surface area contributed by atoms with Crippen LogP contribution in [0.3, 0.4) is 0 Å². The number of hydrogen-bond donors (Lipinski definition) is 2. The van der Waals surface area contributed by atoms with Crippen LogP contribution < -0.4 is 34.7 Å². The maximum absolute atomic E-state index is 13.9. The molecule has 0 atom stereocenters. The molecule has 0 spiro atoms. The minimum absolute atomic E-state index is 0. The van der Waals surface area contributed by atoms with E-state index >= 15 is 0 Å². The summed E-state index contributed by atoms with van der Waals surface area (Å²) >= 11 is 0. The van der Waals surface area contributed by atoms with Gasteiger partial charge in [0.25, 0.3) is 10.1 Å². The maximum Gasteiger partial charge on any atom is 1.00 e. The number of benzene rings is 3. The van der Waals surface area contributed by atoms with Crippen molar-refractivity contribution in [3.8, 4) is 5.75 Å². The zero-order chi connectivity index (χ0) is 38.6. The van der Waals surface area contributed by atoms with Crippen LogP contribution in [0.2, 0.25) is 0 Å². The molecule has 0 bridgehead atoms. The fourth-order valence-corrected chi connectivity index (χ4v) is 6.25. The van der Waals surface area contributed by atoms with Gasteiger partial charge in [0.05, 0.1) is 11.4 Å². The van der Waals surface area contributed by atoms with Crippen LogP contribution in [0.15, 0.2) is 68.6 Å². The second-order valence-corrected chi connectivity index (χ2v) is 14.1. The number of unbranched alkanes of at least 4 members (excludes halogenated alkanes) is 13. The predicted octanol–water partition coefficient (Wildman–Crippen LogP) is 8.46. The van der Waals surface area contributed by atoms with Gasteiger partial charge in [-0.15, -0.1) is 5.11 Å². The molecule has 0 unspecified atom stereocenters. The van der Waals surface area contributed by atoms with Gasteiger partial charge in [0.1, 0.15) is 10.6 Å². The molecule has 0 saturated carbocycles. The molecule has 3 rings (SSSR count). The second-order valence-electron chi connectivity index (χ2n) is 12.7. The average Bonchev–Trinajstić information content (AvgIpc) is 3.07. The van der Waals surface area contributed by atoms with Crippen molar-refractivity contribution in [1.29, 1.82) is 0 Å². The van der Waals surface area contributed by atoms with E-state index < -0.39 is 66.8 Å². The van der Waals surface area contributed by atoms with E-state index in [-0.39, 0.29) is 35.2 Å². The Morgan fingerprint density at radius 1 is 0.736 bits per heavy atom. The van der Waals surface area contributed by atoms with Crippen LogP contribution in [0, 0.1) is 0 Å². The third kappa shape index (κ3) is 12.9. The van der Waals surface area contributed by atoms with Gasteiger partial charge >= 0.3 is 47.6 Å². The summed E-state index contributed by atoms with van der Waals surface area (Å²) in [5.41, 5.74) is -0.556. The number of nitrogens with zero attached hydrogens (tertiary/aromatic N) is 3. The number of aliphatic imine (C=N–C) groups is 1. The third-order valence-electron chi connectivity index (χ3n) is 8.61. The Balaban J connectivity index is 0.00000972. The predicted molar refractivity (Wildman–Crippen MR) is 183 cm³/mol. The van der Waals surface area contributed by atoms with Crippen molar-refractivity contribution in [3.63, 3.8) is 0 Å². The number of phenols is 1. The topological polar surface area (TPSA) is 135 Å². The summed E-state index contributed by atoms with van der Waals surface area (Å²) in [5.74, 6) is -17.3. The van der Waals surface area contributed by atoms with Crippen LogP contribution in [0.25, 0.3) is 10.8 Å². The Kier molecular flexibility index (Phi) is 18.2. The summed E-state index contributed by atoms with van der Waals surface area (Å²) in [6.07, 6.45) is 11.5. The Labute approximate surface area is 327 Å². The minimum atomic E-state index is -6.80. The van der Waals surface area contributed by atoms with Crippen molar-refractivity contribution in [2.75, 3.05) is 0 Å². The molecule has 3 aromatic rings. The molecule has 0 heterocycles. The molecule has 288 valence electrons. The Morgan fingerprint density at radius 2 is 1.25 bits per heavy atom. The van der Waals surface area contributed by atoms with Crippen LogP contribution in [0.1, 0.15) is 102 Å². The molecule has 53 heavy (non-hydrogen) atoms. The van der Waals surface area contributed by atoms with E-state index in [1.807, 2.05) is 0 Å². The van der Waals surface area contributed by atoms with Crippen molar-refractivity contribution in [1.82, 2.24) is 0 Å². The number of alkyl halides is 7. The summed E-state index contributed by atoms with van der Waals surface area (Å²) in [4.78, 5) is 1.54. The van der Waals surface area contributed by atoms with E-state index in [0.29, 0.717) is 6.07 Å². The van der Waals surface area contributed by atoms with Gasteiger partial charge in [-0.05, 0) is 42.7 Å². The molecule has 0 radical (unpaired) electrons. The third-order valence-corrected chi connectivity index (χ3v) is 9.48. The van der Waals surface area contributed by atoms with Crippen LogP contribution >= 0.6 is 0 Å². The summed E-state index contributed by atoms with van der Waals surface area (Å²) in [6, 6.07) is 10.1. The van der Waals surface area contributed by atoms with Gasteiger partial charge in [-0.2, -0.15) is 44.3 Å². The first kappa shape index (κ1) is 46.4. The largest absolute Gasteiger partial charge is 1.00 e. The average molecular weight is 786 g/mol. The SMILES string of the molecule is CCCCCCCCCCCCCCCCc1ccc(N=Nc2c(S(=O)(=O)O)cc3c(N=C([O-])C(F)(F)C(F)(F)C(F)(F)F)cccc3c2O)cc1.[Na+]. The van der Waals surface area contributed by atoms with E-state index in [1.54, 1.807) is 24.3 Å². The molecular formula is C36H43F7N3NaO5S. The molecule has 0 aliphatic heterocycles. The van der Waals surface area contributed by atoms with Gasteiger partial charge in [0, 0.05) is 16.7 Å². The summed E-state index contributed by atoms with van der Waals surface area (Å²) in [7, 11) is -5.26. The molecule has 17 heteroatoms. The quantitative estimate of drug-likeness (QED) is 0.0213. The molecule has 0 aromatic heterocycles. The minimum Gasteiger partial charge on any atom is -0.857 e. The van der Waals surface area contributed by atoms with Crippen LogP contribution in [0.5, 0.6) is 5.75 Å². The maximum atomic E-state index is 13.9. The first-order valence-electron chi connectivity index (χ1n) is 17.3. The second kappa shape index (κ2) is 20.8. The van der Waals surface area contributed by atoms with Gasteiger partial charge in [-0.3, -0.25) is 9.55 Å². The van der Waals surface area contributed by atoms with Crippen molar-refractivity contribution < 1.29 is 83.5 Å². The number of phenolic OH excluding ortho intramolecular Hbond substituents is 1. The molecule has 3 aromatic carbocycles. The van der Waals surface area contributed by atoms with E-state index in [1.165, 1.54) is 70.6 Å². The molecule has 2 N–H and O–H groups in total. The summed E-state index contributed by atoms with van der Waals surface area (Å²) in [5, 5.41) is 29.3. The van der Waals surface area contributed by atoms with Gasteiger partial charge in [-0.1, -0.05) is 115 Å². The number of rotatable bonds is 21. The number of azo groups is 1. The van der Waals surface area contributed by atoms with E-state index in [4.69, 9.17) is 0 Å². The number of aromatic hydroxyl groups is 1. The van der Waals surface area contributed by atoms with Gasteiger partial charge in [-0.25, -0.2) is 0 Å². The molecular weight excluding hydrogens is 742 g/mol. The number of halogens is 7. The normalized spacial score (nSPS) is 13.2. The Morgan fingerprint density at radius 3 is 1.74 bits per heavy atom. The van der Waals surface area contributed by atoms with E-state index in [2.05, 4.69) is 22.1 Å². The number of aryl methyl sites for hydroxylation is 1. The first-order chi connectivity index (χ1) is 24.4. The summed E-state index contributed by atoms with van der Waals surface area (Å²) in [6.45, 7) is 2.22. The number of hydrogen-bond acceptors (Lipinski definition) is 7. The van der Waals surface area contributed by atoms with Crippen molar-refractivity contribution in [3.05, 3.63) is 54.1 Å². The van der Waals surface area contributed by atoms with Crippen LogP contribution in [0.4, 0.5) is 47.8 Å². The first-order valence-corrected chi connectivity index (χ1v) is 18.7. The molecule has 0 amide bonds. The summed E-state index contributed by atoms with van der Waals surface area (Å²) < 4.78 is 127. The molecule has 0 fully saturated rings. The zero-order valence-corrected chi connectivity index (χ0v) is 32.6. The molecule has 8 nitrogen and oxygen atoms in total. The van der Waals surface area contributed by atoms with Gasteiger partial charge in [0.15, 0.2) is 5.75 Å². The number of fused-ring (bicyclic) bond motifs is 1. The monoisotopic (exact) mass is 785 g/mol. The van der Waals surface area contributed by atoms with Crippen molar-refractivity contribution in [2.24, 2.45) is 15.2 Å². The molecule has 0 saturated heterocycles. The van der Waals surface area contributed by atoms with Crippen LogP contribution in [-0.2, 0) is 16.5 Å². The van der Waals surface area contributed by atoms with Gasteiger partial charge < -0.3 is 10.2 Å². The van der Waals surface area contributed by atoms with Crippen molar-refractivity contribution >= 4 is 43.9 Å². The smallest absolute Gasteiger partial charge is 0.857 e. The molecule has 0 aliphatic carbocycles. The standard InChI is InChI=1S/C36H44F7N3O5S.Na/c1-2-3-4-5-6-7-8-9-10-11-12-13-14-15-17-25-20-22-26(23-21-25)45-46-31-30(52(49,50)51)24-28-27(32(31)47)18-16-19-29(28)44-33(48)34(37,38)35(39,40)36(41,42)43;/h16,18-24,47H,2-15,17H2,1H3,(H,44,48)(H,49,50,51);/q;+1/p-1. The van der Waals surface area contributed by atoms with Crippen molar-refractivity contribution in [2.45, 2.75) is 126 Å². The zero-order valence-electron chi connectivity index (χ0n) is 29.7. The van der Waals surface area contributed by atoms with Crippen LogP contribution in [-0.4, -0.2) is 42.0 Å². The fourth-order valence-electron chi connectivity index (χ4n) is 5.60. The fraction of sp³-hybridized carbons (Fsp3) is 0.528. The Hall–Kier alpha value is -2.79. The Bertz CT molecular complexity index is 1790. The molecule has 0 aliphatic rings.